The van der Waals surface area contributed by atoms with E-state index in [1.807, 2.05) is 7.05 Å². The fourth-order valence-corrected chi connectivity index (χ4v) is 4.09. The van der Waals surface area contributed by atoms with Crippen LogP contribution < -0.4 is 5.32 Å². The predicted molar refractivity (Wildman–Crippen MR) is 106 cm³/mol. The lowest BCUT2D eigenvalue weighted by Crippen LogP contribution is -2.42. The SMILES string of the molecule is CN=C(NCC(C)c1ccc(C)cc1)N1CCC(CN2CCCC2)C1. The minimum absolute atomic E-state index is 0.486. The van der Waals surface area contributed by atoms with Crippen molar-refractivity contribution < 1.29 is 0 Å². The number of rotatable bonds is 5. The predicted octanol–water partition coefficient (Wildman–Crippen LogP) is 3.09. The van der Waals surface area contributed by atoms with Gasteiger partial charge in [0.2, 0.25) is 0 Å². The summed E-state index contributed by atoms with van der Waals surface area (Å²) in [5, 5.41) is 3.60. The molecule has 0 aliphatic carbocycles. The molecule has 0 aromatic heterocycles. The Labute approximate surface area is 153 Å². The van der Waals surface area contributed by atoms with Crippen LogP contribution in [0, 0.1) is 12.8 Å². The van der Waals surface area contributed by atoms with Crippen molar-refractivity contribution in [2.75, 3.05) is 46.3 Å². The van der Waals surface area contributed by atoms with Crippen molar-refractivity contribution in [1.82, 2.24) is 15.1 Å². The Balaban J connectivity index is 1.46. The normalized spacial score (nSPS) is 23.2. The maximum absolute atomic E-state index is 4.53. The fourth-order valence-electron chi connectivity index (χ4n) is 4.09. The number of aliphatic imine (C=N–C) groups is 1. The van der Waals surface area contributed by atoms with Gasteiger partial charge in [-0.25, -0.2) is 0 Å². The number of aryl methyl sites for hydroxylation is 1. The maximum Gasteiger partial charge on any atom is 0.193 e. The molecular formula is C21H34N4. The fraction of sp³-hybridized carbons (Fsp3) is 0.667. The summed E-state index contributed by atoms with van der Waals surface area (Å²) in [6.45, 7) is 11.5. The molecule has 1 aromatic carbocycles. The van der Waals surface area contributed by atoms with Crippen molar-refractivity contribution in [2.45, 2.75) is 39.0 Å². The van der Waals surface area contributed by atoms with Crippen LogP contribution in [-0.4, -0.2) is 62.1 Å². The molecule has 2 aliphatic rings. The third-order valence-electron chi connectivity index (χ3n) is 5.73. The van der Waals surface area contributed by atoms with Crippen molar-refractivity contribution in [3.8, 4) is 0 Å². The molecule has 3 rings (SSSR count). The molecule has 0 radical (unpaired) electrons. The molecular weight excluding hydrogens is 308 g/mol. The molecule has 2 heterocycles. The van der Waals surface area contributed by atoms with Crippen LogP contribution in [0.3, 0.4) is 0 Å². The zero-order chi connectivity index (χ0) is 17.6. The Kier molecular flexibility index (Phi) is 6.35. The van der Waals surface area contributed by atoms with Gasteiger partial charge in [-0.3, -0.25) is 4.99 Å². The van der Waals surface area contributed by atoms with E-state index in [1.165, 1.54) is 50.0 Å². The summed E-state index contributed by atoms with van der Waals surface area (Å²) in [5.41, 5.74) is 2.71. The van der Waals surface area contributed by atoms with Gasteiger partial charge in [0.1, 0.15) is 0 Å². The van der Waals surface area contributed by atoms with Gasteiger partial charge in [-0.05, 0) is 56.7 Å². The monoisotopic (exact) mass is 342 g/mol. The van der Waals surface area contributed by atoms with Crippen LogP contribution >= 0.6 is 0 Å². The van der Waals surface area contributed by atoms with E-state index in [0.29, 0.717) is 5.92 Å². The molecule has 2 saturated heterocycles. The molecule has 1 N–H and O–H groups in total. The molecule has 25 heavy (non-hydrogen) atoms. The molecule has 4 heteroatoms. The van der Waals surface area contributed by atoms with Crippen LogP contribution in [0.15, 0.2) is 29.3 Å². The first-order chi connectivity index (χ1) is 12.2. The molecule has 2 aliphatic heterocycles. The Morgan fingerprint density at radius 1 is 1.20 bits per heavy atom. The van der Waals surface area contributed by atoms with Crippen LogP contribution in [0.2, 0.25) is 0 Å². The second-order valence-corrected chi connectivity index (χ2v) is 7.85. The molecule has 0 amide bonds. The highest BCUT2D eigenvalue weighted by atomic mass is 15.3. The largest absolute Gasteiger partial charge is 0.356 e. The van der Waals surface area contributed by atoms with E-state index in [9.17, 15) is 0 Å². The molecule has 0 bridgehead atoms. The minimum Gasteiger partial charge on any atom is -0.356 e. The minimum atomic E-state index is 0.486. The summed E-state index contributed by atoms with van der Waals surface area (Å²) in [4.78, 5) is 9.62. The van der Waals surface area contributed by atoms with Gasteiger partial charge in [0.05, 0.1) is 0 Å². The topological polar surface area (TPSA) is 30.9 Å². The van der Waals surface area contributed by atoms with Crippen molar-refractivity contribution >= 4 is 5.96 Å². The van der Waals surface area contributed by atoms with Gasteiger partial charge in [0, 0.05) is 33.2 Å². The van der Waals surface area contributed by atoms with Gasteiger partial charge in [-0.1, -0.05) is 36.8 Å². The van der Waals surface area contributed by atoms with E-state index in [-0.39, 0.29) is 0 Å². The number of hydrogen-bond acceptors (Lipinski definition) is 2. The van der Waals surface area contributed by atoms with Gasteiger partial charge in [0.15, 0.2) is 5.96 Å². The summed E-state index contributed by atoms with van der Waals surface area (Å²) in [6.07, 6.45) is 4.07. The summed E-state index contributed by atoms with van der Waals surface area (Å²) in [7, 11) is 1.91. The second kappa shape index (κ2) is 8.70. The smallest absolute Gasteiger partial charge is 0.193 e. The van der Waals surface area contributed by atoms with Crippen LogP contribution in [-0.2, 0) is 0 Å². The van der Waals surface area contributed by atoms with E-state index in [4.69, 9.17) is 0 Å². The lowest BCUT2D eigenvalue weighted by Gasteiger charge is -2.24. The molecule has 0 spiro atoms. The van der Waals surface area contributed by atoms with Gasteiger partial charge in [-0.2, -0.15) is 0 Å². The third kappa shape index (κ3) is 4.97. The Morgan fingerprint density at radius 2 is 1.92 bits per heavy atom. The quantitative estimate of drug-likeness (QED) is 0.659. The molecule has 2 atom stereocenters. The lowest BCUT2D eigenvalue weighted by molar-refractivity contribution is 0.281. The van der Waals surface area contributed by atoms with Crippen molar-refractivity contribution in [2.24, 2.45) is 10.9 Å². The van der Waals surface area contributed by atoms with Gasteiger partial charge >= 0.3 is 0 Å². The number of guanidine groups is 1. The first-order valence-electron chi connectivity index (χ1n) is 9.90. The van der Waals surface area contributed by atoms with Crippen LogP contribution in [0.25, 0.3) is 0 Å². The summed E-state index contributed by atoms with van der Waals surface area (Å²) >= 11 is 0. The first kappa shape index (κ1) is 18.2. The van der Waals surface area contributed by atoms with Gasteiger partial charge < -0.3 is 15.1 Å². The number of nitrogens with one attached hydrogen (secondary N) is 1. The number of likely N-dealkylation sites (tertiary alicyclic amines) is 2. The van der Waals surface area contributed by atoms with E-state index in [0.717, 1.165) is 31.5 Å². The summed E-state index contributed by atoms with van der Waals surface area (Å²) in [6, 6.07) is 8.88. The second-order valence-electron chi connectivity index (χ2n) is 7.85. The van der Waals surface area contributed by atoms with Crippen LogP contribution in [0.1, 0.15) is 43.2 Å². The Morgan fingerprint density at radius 3 is 2.60 bits per heavy atom. The Hall–Kier alpha value is -1.55. The highest BCUT2D eigenvalue weighted by Gasteiger charge is 2.27. The van der Waals surface area contributed by atoms with Crippen molar-refractivity contribution in [3.63, 3.8) is 0 Å². The highest BCUT2D eigenvalue weighted by Crippen LogP contribution is 2.20. The standard InChI is InChI=1S/C21H34N4/c1-17-6-8-20(9-7-17)18(2)14-23-21(22-3)25-13-10-19(16-25)15-24-11-4-5-12-24/h6-9,18-19H,4-5,10-16H2,1-3H3,(H,22,23). The number of hydrogen-bond donors (Lipinski definition) is 1. The first-order valence-corrected chi connectivity index (χ1v) is 9.90. The molecule has 0 saturated carbocycles. The Bertz CT molecular complexity index is 560. The zero-order valence-corrected chi connectivity index (χ0v) is 16.2. The summed E-state index contributed by atoms with van der Waals surface area (Å²) in [5.74, 6) is 2.36. The average molecular weight is 343 g/mol. The van der Waals surface area contributed by atoms with Crippen LogP contribution in [0.4, 0.5) is 0 Å². The van der Waals surface area contributed by atoms with Gasteiger partial charge in [0.25, 0.3) is 0 Å². The maximum atomic E-state index is 4.53. The van der Waals surface area contributed by atoms with Crippen LogP contribution in [0.5, 0.6) is 0 Å². The summed E-state index contributed by atoms with van der Waals surface area (Å²) < 4.78 is 0. The third-order valence-corrected chi connectivity index (χ3v) is 5.73. The number of nitrogens with zero attached hydrogens (tertiary/aromatic N) is 3. The molecule has 138 valence electrons. The number of benzene rings is 1. The van der Waals surface area contributed by atoms with Crippen molar-refractivity contribution in [1.29, 1.82) is 0 Å². The van der Waals surface area contributed by atoms with Gasteiger partial charge in [-0.15, -0.1) is 0 Å². The molecule has 2 fully saturated rings. The van der Waals surface area contributed by atoms with Crippen molar-refractivity contribution in [3.05, 3.63) is 35.4 Å². The average Bonchev–Trinajstić information content (AvgIpc) is 3.29. The van der Waals surface area contributed by atoms with E-state index < -0.39 is 0 Å². The van der Waals surface area contributed by atoms with E-state index in [1.54, 1.807) is 0 Å². The van der Waals surface area contributed by atoms with E-state index in [2.05, 4.69) is 58.2 Å². The van der Waals surface area contributed by atoms with E-state index >= 15 is 0 Å². The molecule has 1 aromatic rings. The molecule has 4 nitrogen and oxygen atoms in total. The molecule has 2 unspecified atom stereocenters. The highest BCUT2D eigenvalue weighted by molar-refractivity contribution is 5.80. The zero-order valence-electron chi connectivity index (χ0n) is 16.2. The lowest BCUT2D eigenvalue weighted by atomic mass is 10.0.